The number of ether oxygens (including phenoxy) is 1. The lowest BCUT2D eigenvalue weighted by atomic mass is 10.1. The Bertz CT molecular complexity index is 898. The van der Waals surface area contributed by atoms with Crippen LogP contribution in [0.25, 0.3) is 6.08 Å². The van der Waals surface area contributed by atoms with Crippen molar-refractivity contribution in [2.75, 3.05) is 11.6 Å². The van der Waals surface area contributed by atoms with Crippen LogP contribution in [0, 0.1) is 0 Å². The van der Waals surface area contributed by atoms with Crippen LogP contribution in [0.1, 0.15) is 12.5 Å². The van der Waals surface area contributed by atoms with Crippen LogP contribution in [0.2, 0.25) is 0 Å². The first-order chi connectivity index (χ1) is 12.5. The van der Waals surface area contributed by atoms with Crippen molar-refractivity contribution < 1.29 is 9.53 Å². The summed E-state index contributed by atoms with van der Waals surface area (Å²) in [6, 6.07) is 13.2. The molecule has 1 amide bonds. The number of benzene rings is 2. The topological polar surface area (TPSA) is 41.9 Å². The highest BCUT2D eigenvalue weighted by Gasteiger charge is 2.28. The Morgan fingerprint density at radius 2 is 1.85 bits per heavy atom. The molecule has 26 heavy (non-hydrogen) atoms. The van der Waals surface area contributed by atoms with Gasteiger partial charge in [-0.25, -0.2) is 0 Å². The molecule has 2 aromatic rings. The molecule has 1 aliphatic heterocycles. The zero-order chi connectivity index (χ0) is 18.7. The highest BCUT2D eigenvalue weighted by molar-refractivity contribution is 9.11. The largest absolute Gasteiger partial charge is 0.487 e. The third-order valence-electron chi connectivity index (χ3n) is 3.74. The first kappa shape index (κ1) is 18.6. The van der Waals surface area contributed by atoms with Gasteiger partial charge in [0, 0.05) is 0 Å². The number of anilines is 1. The molecule has 0 unspecified atom stereocenters. The van der Waals surface area contributed by atoms with Gasteiger partial charge in [0.15, 0.2) is 0 Å². The van der Waals surface area contributed by atoms with E-state index in [1.54, 1.807) is 6.08 Å². The summed E-state index contributed by atoms with van der Waals surface area (Å²) in [6.45, 7) is 5.89. The zero-order valence-corrected chi connectivity index (χ0v) is 17.2. The van der Waals surface area contributed by atoms with Gasteiger partial charge in [-0.1, -0.05) is 30.9 Å². The van der Waals surface area contributed by atoms with Crippen molar-refractivity contribution in [2.45, 2.75) is 6.92 Å². The molecule has 6 heteroatoms. The van der Waals surface area contributed by atoms with E-state index < -0.39 is 0 Å². The summed E-state index contributed by atoms with van der Waals surface area (Å²) >= 11 is 7.02. The van der Waals surface area contributed by atoms with E-state index >= 15 is 0 Å². The number of rotatable bonds is 5. The van der Waals surface area contributed by atoms with Crippen LogP contribution in [0.5, 0.6) is 5.75 Å². The van der Waals surface area contributed by atoms with Gasteiger partial charge < -0.3 is 4.74 Å². The van der Waals surface area contributed by atoms with Gasteiger partial charge in [0.2, 0.25) is 0 Å². The van der Waals surface area contributed by atoms with Crippen molar-refractivity contribution in [3.05, 3.63) is 75.2 Å². The minimum atomic E-state index is -0.145. The second kappa shape index (κ2) is 8.01. The molecule has 0 bridgehead atoms. The maximum atomic E-state index is 12.8. The minimum absolute atomic E-state index is 0.145. The Balaban J connectivity index is 1.92. The average Bonchev–Trinajstić information content (AvgIpc) is 2.90. The lowest BCUT2D eigenvalue weighted by molar-refractivity contribution is -0.114. The van der Waals surface area contributed by atoms with Crippen LogP contribution in [-0.2, 0) is 4.79 Å². The summed E-state index contributed by atoms with van der Waals surface area (Å²) in [4.78, 5) is 12.8. The van der Waals surface area contributed by atoms with E-state index in [1.165, 1.54) is 5.01 Å². The van der Waals surface area contributed by atoms with Crippen molar-refractivity contribution in [3.63, 3.8) is 0 Å². The summed E-state index contributed by atoms with van der Waals surface area (Å²) in [5.74, 6) is 0.550. The summed E-state index contributed by atoms with van der Waals surface area (Å²) in [5, 5.41) is 5.82. The zero-order valence-electron chi connectivity index (χ0n) is 14.1. The average molecular weight is 476 g/mol. The molecular weight excluding hydrogens is 460 g/mol. The first-order valence-corrected chi connectivity index (χ1v) is 9.49. The molecule has 2 aromatic carbocycles. The van der Waals surface area contributed by atoms with Gasteiger partial charge in [-0.2, -0.15) is 10.1 Å². The third-order valence-corrected chi connectivity index (χ3v) is 4.92. The van der Waals surface area contributed by atoms with Crippen LogP contribution in [0.3, 0.4) is 0 Å². The van der Waals surface area contributed by atoms with Gasteiger partial charge in [-0.05, 0) is 74.7 Å². The molecule has 0 spiro atoms. The Hall–Kier alpha value is -2.18. The van der Waals surface area contributed by atoms with E-state index in [-0.39, 0.29) is 5.91 Å². The van der Waals surface area contributed by atoms with Crippen molar-refractivity contribution in [2.24, 2.45) is 5.10 Å². The molecule has 0 aliphatic carbocycles. The van der Waals surface area contributed by atoms with Crippen molar-refractivity contribution in [1.82, 2.24) is 0 Å². The Kier molecular flexibility index (Phi) is 5.74. The number of nitrogens with zero attached hydrogens (tertiary/aromatic N) is 2. The third kappa shape index (κ3) is 3.81. The fourth-order valence-electron chi connectivity index (χ4n) is 2.54. The molecule has 0 N–H and O–H groups in total. The van der Waals surface area contributed by atoms with Crippen LogP contribution in [0.4, 0.5) is 5.69 Å². The molecule has 0 saturated carbocycles. The smallest absolute Gasteiger partial charge is 0.280 e. The van der Waals surface area contributed by atoms with Crippen LogP contribution in [0.15, 0.2) is 74.7 Å². The van der Waals surface area contributed by atoms with Gasteiger partial charge >= 0.3 is 0 Å². The number of hydrogen-bond donors (Lipinski definition) is 0. The molecule has 3 rings (SSSR count). The second-order valence-electron chi connectivity index (χ2n) is 5.61. The number of para-hydroxylation sites is 1. The van der Waals surface area contributed by atoms with Crippen LogP contribution >= 0.6 is 31.9 Å². The number of hydrogen-bond acceptors (Lipinski definition) is 3. The number of carbonyl (C=O) groups excluding carboxylic acids is 1. The SMILES string of the molecule is C=CCOc1c(Br)cc(C=C2C(=O)N(c3ccccc3)N=C2C)cc1Br. The van der Waals surface area contributed by atoms with E-state index in [4.69, 9.17) is 4.74 Å². The van der Waals surface area contributed by atoms with Crippen molar-refractivity contribution in [1.29, 1.82) is 0 Å². The Morgan fingerprint density at radius 1 is 1.19 bits per heavy atom. The predicted molar refractivity (Wildman–Crippen MR) is 113 cm³/mol. The molecule has 1 aliphatic rings. The van der Waals surface area contributed by atoms with E-state index in [1.807, 2.05) is 55.5 Å². The molecule has 0 atom stereocenters. The monoisotopic (exact) mass is 474 g/mol. The first-order valence-electron chi connectivity index (χ1n) is 7.90. The maximum Gasteiger partial charge on any atom is 0.280 e. The molecule has 0 saturated heterocycles. The summed E-state index contributed by atoms with van der Waals surface area (Å²) < 4.78 is 7.21. The van der Waals surface area contributed by atoms with Crippen LogP contribution < -0.4 is 9.75 Å². The fraction of sp³-hybridized carbons (Fsp3) is 0.100. The molecule has 0 aromatic heterocycles. The van der Waals surface area contributed by atoms with Gasteiger partial charge in [0.05, 0.1) is 25.9 Å². The molecule has 0 radical (unpaired) electrons. The summed E-state index contributed by atoms with van der Waals surface area (Å²) in [6.07, 6.45) is 3.51. The predicted octanol–water partition coefficient (Wildman–Crippen LogP) is 5.58. The van der Waals surface area contributed by atoms with Gasteiger partial charge in [0.25, 0.3) is 5.91 Å². The second-order valence-corrected chi connectivity index (χ2v) is 7.32. The lowest BCUT2D eigenvalue weighted by Crippen LogP contribution is -2.21. The quantitative estimate of drug-likeness (QED) is 0.418. The minimum Gasteiger partial charge on any atom is -0.487 e. The summed E-state index contributed by atoms with van der Waals surface area (Å²) in [5.41, 5.74) is 2.85. The molecule has 0 fully saturated rings. The highest BCUT2D eigenvalue weighted by atomic mass is 79.9. The summed E-state index contributed by atoms with van der Waals surface area (Å²) in [7, 11) is 0. The number of amides is 1. The van der Waals surface area contributed by atoms with Crippen molar-refractivity contribution in [3.8, 4) is 5.75 Å². The highest BCUT2D eigenvalue weighted by Crippen LogP contribution is 2.36. The molecular formula is C20H16Br2N2O2. The molecule has 132 valence electrons. The van der Waals surface area contributed by atoms with Gasteiger partial charge in [-0.3, -0.25) is 4.79 Å². The maximum absolute atomic E-state index is 12.8. The van der Waals surface area contributed by atoms with E-state index in [9.17, 15) is 4.79 Å². The Labute approximate surface area is 169 Å². The number of halogens is 2. The van der Waals surface area contributed by atoms with Crippen molar-refractivity contribution >= 4 is 55.2 Å². The van der Waals surface area contributed by atoms with Crippen LogP contribution in [-0.4, -0.2) is 18.2 Å². The van der Waals surface area contributed by atoms with E-state index in [0.29, 0.717) is 23.6 Å². The molecule has 1 heterocycles. The van der Waals surface area contributed by atoms with Gasteiger partial charge in [0.1, 0.15) is 12.4 Å². The normalized spacial score (nSPS) is 15.3. The molecule has 4 nitrogen and oxygen atoms in total. The lowest BCUT2D eigenvalue weighted by Gasteiger charge is -2.11. The number of carbonyl (C=O) groups is 1. The van der Waals surface area contributed by atoms with E-state index in [0.717, 1.165) is 20.2 Å². The standard InChI is InChI=1S/C20H16Br2N2O2/c1-3-9-26-19-17(21)11-14(12-18(19)22)10-16-13(2)23-24(20(16)25)15-7-5-4-6-8-15/h3-8,10-12H,1,9H2,2H3. The Morgan fingerprint density at radius 3 is 2.46 bits per heavy atom. The van der Waals surface area contributed by atoms with E-state index in [2.05, 4.69) is 43.5 Å². The fourth-order valence-corrected chi connectivity index (χ4v) is 3.99. The number of hydrazone groups is 1. The van der Waals surface area contributed by atoms with Gasteiger partial charge in [-0.15, -0.1) is 0 Å².